The predicted octanol–water partition coefficient (Wildman–Crippen LogP) is 6.17. The van der Waals surface area contributed by atoms with Crippen molar-refractivity contribution >= 4 is 9.84 Å². The number of H-pyrrole nitrogens is 1. The summed E-state index contributed by atoms with van der Waals surface area (Å²) in [5.41, 5.74) is 0.127. The van der Waals surface area contributed by atoms with Crippen LogP contribution in [-0.4, -0.2) is 53.2 Å². The third-order valence-corrected chi connectivity index (χ3v) is 14.6. The van der Waals surface area contributed by atoms with E-state index in [-0.39, 0.29) is 11.5 Å². The van der Waals surface area contributed by atoms with Gasteiger partial charge in [-0.15, -0.1) is 0 Å². The molecule has 0 aliphatic heterocycles. The van der Waals surface area contributed by atoms with Gasteiger partial charge in [0.05, 0.1) is 22.9 Å². The summed E-state index contributed by atoms with van der Waals surface area (Å²) in [6.07, 6.45) is 17.7. The Bertz CT molecular complexity index is 1110. The van der Waals surface area contributed by atoms with E-state index in [4.69, 9.17) is 0 Å². The van der Waals surface area contributed by atoms with Gasteiger partial charge in [-0.25, -0.2) is 13.4 Å². The molecule has 0 saturated heterocycles. The monoisotopic (exact) mass is 575 g/mol. The van der Waals surface area contributed by atoms with Crippen molar-refractivity contribution in [1.82, 2.24) is 15.3 Å². The van der Waals surface area contributed by atoms with Crippen molar-refractivity contribution < 1.29 is 13.5 Å². The Morgan fingerprint density at radius 1 is 1.10 bits per heavy atom. The number of hydrogen-bond acceptors (Lipinski definition) is 5. The van der Waals surface area contributed by atoms with Crippen molar-refractivity contribution in [2.75, 3.05) is 12.8 Å². The van der Waals surface area contributed by atoms with Gasteiger partial charge in [-0.05, 0) is 92.3 Å². The van der Waals surface area contributed by atoms with Crippen LogP contribution in [0.1, 0.15) is 111 Å². The number of nitrogens with one attached hydrogen (secondary N) is 2. The number of hydrogen-bond donors (Lipinski definition) is 3. The minimum atomic E-state index is -3.21. The Morgan fingerprint density at radius 2 is 1.88 bits per heavy atom. The standard InChI is InChI=1S/C33H57N3O3S/c1-22(2)8-7-9-23(3)27-10-11-28-26-18-30(35-17-14-24-20-34-21-36-24)33(37)19-25(40(6,38)39)12-16-32(33,5)29(26)13-15-31(27,28)4/h20-23,25-30,35,37H,7-19H2,1-6H3,(H,34,36)/t23?,25?,26-,27+,28-,29-,30+,31+,32+,33-/m0/s1. The van der Waals surface area contributed by atoms with Gasteiger partial charge in [0.2, 0.25) is 0 Å². The van der Waals surface area contributed by atoms with Crippen LogP contribution in [-0.2, 0) is 16.3 Å². The quantitative estimate of drug-likeness (QED) is 0.310. The Labute approximate surface area is 244 Å². The van der Waals surface area contributed by atoms with E-state index in [1.807, 2.05) is 6.20 Å². The van der Waals surface area contributed by atoms with Gasteiger partial charge in [0.1, 0.15) is 9.84 Å². The first kappa shape index (κ1) is 30.5. The fourth-order valence-electron chi connectivity index (χ4n) is 10.7. The van der Waals surface area contributed by atoms with Gasteiger partial charge in [-0.1, -0.05) is 53.9 Å². The van der Waals surface area contributed by atoms with E-state index in [0.717, 1.165) is 49.3 Å². The van der Waals surface area contributed by atoms with Crippen LogP contribution in [0.2, 0.25) is 0 Å². The highest BCUT2D eigenvalue weighted by Crippen LogP contribution is 2.69. The van der Waals surface area contributed by atoms with Crippen LogP contribution < -0.4 is 5.32 Å². The molecule has 4 fully saturated rings. The van der Waals surface area contributed by atoms with Crippen LogP contribution in [0.5, 0.6) is 0 Å². The largest absolute Gasteiger partial charge is 0.388 e. The summed E-state index contributed by atoms with van der Waals surface area (Å²) in [6, 6.07) is -0.0906. The number of nitrogens with zero attached hydrogens (tertiary/aromatic N) is 1. The normalized spacial score (nSPS) is 42.3. The first-order valence-corrected chi connectivity index (χ1v) is 18.4. The topological polar surface area (TPSA) is 95.1 Å². The van der Waals surface area contributed by atoms with E-state index in [9.17, 15) is 13.5 Å². The molecule has 40 heavy (non-hydrogen) atoms. The number of rotatable bonds is 10. The molecule has 10 atom stereocenters. The summed E-state index contributed by atoms with van der Waals surface area (Å²) in [6.45, 7) is 12.9. The maximum Gasteiger partial charge on any atom is 0.150 e. The first-order chi connectivity index (χ1) is 18.8. The molecule has 0 radical (unpaired) electrons. The summed E-state index contributed by atoms with van der Waals surface area (Å²) in [5.74, 6) is 4.12. The van der Waals surface area contributed by atoms with Crippen molar-refractivity contribution in [2.24, 2.45) is 46.3 Å². The molecule has 2 unspecified atom stereocenters. The predicted molar refractivity (Wildman–Crippen MR) is 163 cm³/mol. The highest BCUT2D eigenvalue weighted by molar-refractivity contribution is 7.91. The van der Waals surface area contributed by atoms with E-state index >= 15 is 0 Å². The molecule has 228 valence electrons. The van der Waals surface area contributed by atoms with Gasteiger partial charge >= 0.3 is 0 Å². The summed E-state index contributed by atoms with van der Waals surface area (Å²) in [5, 5.41) is 16.0. The second-order valence-electron chi connectivity index (χ2n) is 15.5. The average Bonchev–Trinajstić information content (AvgIpc) is 3.51. The minimum absolute atomic E-state index is 0.0906. The lowest BCUT2D eigenvalue weighted by molar-refractivity contribution is -0.219. The molecule has 4 saturated carbocycles. The van der Waals surface area contributed by atoms with Gasteiger partial charge in [0.25, 0.3) is 0 Å². The molecular weight excluding hydrogens is 518 g/mol. The van der Waals surface area contributed by atoms with Crippen molar-refractivity contribution in [3.8, 4) is 0 Å². The molecule has 1 heterocycles. The van der Waals surface area contributed by atoms with E-state index in [1.54, 1.807) is 6.33 Å². The van der Waals surface area contributed by atoms with Crippen molar-refractivity contribution in [3.63, 3.8) is 0 Å². The SMILES string of the molecule is CC(C)CCCC(C)[C@H]1CC[C@H]2[C@@H]3C[C@@H](NCCc4c[nH]cn4)[C@@]4(O)CC(S(C)(=O)=O)CC[C@]4(C)[C@H]3CC[C@]12C. The number of aliphatic hydroxyl groups is 1. The van der Waals surface area contributed by atoms with Crippen LogP contribution in [0.15, 0.2) is 12.5 Å². The second-order valence-corrected chi connectivity index (χ2v) is 17.8. The zero-order valence-corrected chi connectivity index (χ0v) is 26.9. The average molecular weight is 576 g/mol. The number of fused-ring (bicyclic) bond motifs is 5. The van der Waals surface area contributed by atoms with E-state index in [1.165, 1.54) is 51.2 Å². The van der Waals surface area contributed by atoms with Crippen LogP contribution in [0.4, 0.5) is 0 Å². The number of imidazole rings is 1. The third kappa shape index (κ3) is 5.34. The summed E-state index contributed by atoms with van der Waals surface area (Å²) in [4.78, 5) is 7.43. The Hall–Kier alpha value is -0.920. The lowest BCUT2D eigenvalue weighted by atomic mass is 9.42. The van der Waals surface area contributed by atoms with Gasteiger partial charge in [0, 0.05) is 36.9 Å². The highest BCUT2D eigenvalue weighted by Gasteiger charge is 2.68. The molecule has 4 aliphatic carbocycles. The lowest BCUT2D eigenvalue weighted by Gasteiger charge is -2.66. The van der Waals surface area contributed by atoms with Crippen molar-refractivity contribution in [1.29, 1.82) is 0 Å². The van der Waals surface area contributed by atoms with Gasteiger partial charge in [0.15, 0.2) is 0 Å². The van der Waals surface area contributed by atoms with E-state index in [2.05, 4.69) is 49.9 Å². The molecule has 6 nitrogen and oxygen atoms in total. The molecule has 0 spiro atoms. The van der Waals surface area contributed by atoms with Gasteiger partial charge in [-0.3, -0.25) is 0 Å². The first-order valence-electron chi connectivity index (χ1n) is 16.4. The maximum absolute atomic E-state index is 12.7. The number of sulfone groups is 1. The van der Waals surface area contributed by atoms with Gasteiger partial charge in [-0.2, -0.15) is 0 Å². The number of aromatic nitrogens is 2. The minimum Gasteiger partial charge on any atom is -0.388 e. The zero-order valence-electron chi connectivity index (χ0n) is 26.1. The Kier molecular flexibility index (Phi) is 8.62. The van der Waals surface area contributed by atoms with E-state index < -0.39 is 20.7 Å². The van der Waals surface area contributed by atoms with Gasteiger partial charge < -0.3 is 15.4 Å². The second kappa shape index (κ2) is 11.3. The molecule has 0 bridgehead atoms. The third-order valence-electron chi connectivity index (χ3n) is 13.0. The van der Waals surface area contributed by atoms with Crippen LogP contribution in [0.25, 0.3) is 0 Å². The smallest absolute Gasteiger partial charge is 0.150 e. The highest BCUT2D eigenvalue weighted by atomic mass is 32.2. The summed E-state index contributed by atoms with van der Waals surface area (Å²) < 4.78 is 25.5. The Morgan fingerprint density at radius 3 is 2.55 bits per heavy atom. The summed E-state index contributed by atoms with van der Waals surface area (Å²) in [7, 11) is -3.21. The fraction of sp³-hybridized carbons (Fsp3) is 0.909. The molecule has 1 aromatic rings. The molecule has 0 aromatic carbocycles. The van der Waals surface area contributed by atoms with Crippen LogP contribution in [0.3, 0.4) is 0 Å². The number of aromatic amines is 1. The zero-order chi connectivity index (χ0) is 28.9. The van der Waals surface area contributed by atoms with E-state index in [0.29, 0.717) is 36.0 Å². The molecule has 7 heteroatoms. The van der Waals surface area contributed by atoms with Crippen LogP contribution in [0, 0.1) is 46.3 Å². The van der Waals surface area contributed by atoms with Crippen molar-refractivity contribution in [3.05, 3.63) is 18.2 Å². The molecule has 1 aromatic heterocycles. The summed E-state index contributed by atoms with van der Waals surface area (Å²) >= 11 is 0. The molecule has 3 N–H and O–H groups in total. The Balaban J connectivity index is 1.39. The molecular formula is C33H57N3O3S. The fourth-order valence-corrected chi connectivity index (χ4v) is 11.8. The lowest BCUT2D eigenvalue weighted by Crippen LogP contribution is -2.72. The molecule has 4 aliphatic rings. The molecule has 0 amide bonds. The van der Waals surface area contributed by atoms with Crippen molar-refractivity contribution in [2.45, 2.75) is 129 Å². The maximum atomic E-state index is 12.7. The molecule has 5 rings (SSSR count). The van der Waals surface area contributed by atoms with Crippen LogP contribution >= 0.6 is 0 Å².